The molecule has 0 aliphatic heterocycles. The lowest BCUT2D eigenvalue weighted by Crippen LogP contribution is -2.23. The molecule has 0 saturated carbocycles. The molecular weight excluding hydrogens is 414 g/mol. The van der Waals surface area contributed by atoms with E-state index in [-0.39, 0.29) is 5.91 Å². The topological polar surface area (TPSA) is 126 Å². The van der Waals surface area contributed by atoms with Crippen molar-refractivity contribution in [2.75, 3.05) is 12.4 Å². The molecule has 5 heterocycles. The average molecular weight is 434 g/mol. The first-order valence-corrected chi connectivity index (χ1v) is 10.4. The Labute approximate surface area is 180 Å². The van der Waals surface area contributed by atoms with Gasteiger partial charge in [-0.1, -0.05) is 10.6 Å². The van der Waals surface area contributed by atoms with E-state index < -0.39 is 0 Å². The summed E-state index contributed by atoms with van der Waals surface area (Å²) in [5, 5.41) is 10.8. The number of aromatic amines is 1. The number of carbonyl (C=O) groups is 1. The van der Waals surface area contributed by atoms with Crippen LogP contribution in [0, 0.1) is 6.92 Å². The Kier molecular flexibility index (Phi) is 4.59. The van der Waals surface area contributed by atoms with Crippen molar-refractivity contribution in [3.8, 4) is 11.4 Å². The predicted octanol–water partition coefficient (Wildman–Crippen LogP) is 2.64. The van der Waals surface area contributed by atoms with Gasteiger partial charge in [-0.3, -0.25) is 4.79 Å². The van der Waals surface area contributed by atoms with Crippen LogP contribution in [0.1, 0.15) is 21.1 Å². The van der Waals surface area contributed by atoms with Gasteiger partial charge < -0.3 is 20.2 Å². The van der Waals surface area contributed by atoms with Crippen molar-refractivity contribution in [3.63, 3.8) is 0 Å². The van der Waals surface area contributed by atoms with Gasteiger partial charge in [-0.25, -0.2) is 15.0 Å². The average Bonchev–Trinajstić information content (AvgIpc) is 3.49. The summed E-state index contributed by atoms with van der Waals surface area (Å²) in [5.41, 5.74) is 5.54. The zero-order valence-corrected chi connectivity index (χ0v) is 17.9. The number of fused-ring (bicyclic) bond motifs is 3. The zero-order chi connectivity index (χ0) is 21.5. The Morgan fingerprint density at radius 3 is 2.94 bits per heavy atom. The number of H-pyrrole nitrogens is 1. The third-order valence-corrected chi connectivity index (χ3v) is 5.87. The summed E-state index contributed by atoms with van der Waals surface area (Å²) in [6.07, 6.45) is 1.78. The Balaban J connectivity index is 1.47. The van der Waals surface area contributed by atoms with Gasteiger partial charge in [-0.15, -0.1) is 5.10 Å². The lowest BCUT2D eigenvalue weighted by Gasteiger charge is -2.05. The molecular formula is C20H19N9OS. The minimum atomic E-state index is -0.201. The Morgan fingerprint density at radius 2 is 2.16 bits per heavy atom. The third-order valence-electron chi connectivity index (χ3n) is 5.04. The van der Waals surface area contributed by atoms with Gasteiger partial charge in [0.05, 0.1) is 41.2 Å². The number of imidazole rings is 1. The summed E-state index contributed by atoms with van der Waals surface area (Å²) in [7, 11) is 3.79. The maximum Gasteiger partial charge on any atom is 0.265 e. The van der Waals surface area contributed by atoms with Crippen LogP contribution in [0.4, 0.5) is 5.82 Å². The molecule has 0 aromatic carbocycles. The second-order valence-corrected chi connectivity index (χ2v) is 7.85. The SMILES string of the molecule is CNc1nc2[nH]c(-c3cccc(CNC(=O)c4snnc4C)n3)cc2c2c1ncn2C. The number of rotatable bonds is 5. The van der Waals surface area contributed by atoms with E-state index in [1.54, 1.807) is 13.3 Å². The summed E-state index contributed by atoms with van der Waals surface area (Å²) in [5.74, 6) is 0.515. The van der Waals surface area contributed by atoms with Crippen LogP contribution in [-0.4, -0.2) is 47.0 Å². The van der Waals surface area contributed by atoms with Gasteiger partial charge in [0, 0.05) is 19.5 Å². The molecule has 0 atom stereocenters. The molecule has 0 aliphatic carbocycles. The predicted molar refractivity (Wildman–Crippen MR) is 119 cm³/mol. The van der Waals surface area contributed by atoms with Gasteiger partial charge in [0.15, 0.2) is 5.82 Å². The first-order chi connectivity index (χ1) is 15.0. The molecule has 0 unspecified atom stereocenters. The highest BCUT2D eigenvalue weighted by atomic mass is 32.1. The van der Waals surface area contributed by atoms with Crippen molar-refractivity contribution in [2.45, 2.75) is 13.5 Å². The molecule has 1 amide bonds. The Bertz CT molecular complexity index is 1430. The molecule has 156 valence electrons. The maximum atomic E-state index is 12.3. The number of carbonyl (C=O) groups excluding carboxylic acids is 1. The van der Waals surface area contributed by atoms with Gasteiger partial charge in [0.2, 0.25) is 0 Å². The minimum Gasteiger partial charge on any atom is -0.371 e. The van der Waals surface area contributed by atoms with Gasteiger partial charge in [-0.2, -0.15) is 0 Å². The number of aromatic nitrogens is 7. The highest BCUT2D eigenvalue weighted by Gasteiger charge is 2.16. The molecule has 5 aromatic heterocycles. The molecule has 10 nitrogen and oxygen atoms in total. The number of nitrogens with one attached hydrogen (secondary N) is 3. The van der Waals surface area contributed by atoms with Crippen LogP contribution in [0.2, 0.25) is 0 Å². The summed E-state index contributed by atoms with van der Waals surface area (Å²) in [4.78, 5) is 30.0. The first kappa shape index (κ1) is 19.1. The monoisotopic (exact) mass is 433 g/mol. The molecule has 0 spiro atoms. The number of pyridine rings is 2. The van der Waals surface area contributed by atoms with E-state index in [9.17, 15) is 4.79 Å². The van der Waals surface area contributed by atoms with E-state index in [1.165, 1.54) is 0 Å². The molecule has 5 rings (SSSR count). The minimum absolute atomic E-state index is 0.201. The van der Waals surface area contributed by atoms with Gasteiger partial charge in [0.25, 0.3) is 5.91 Å². The highest BCUT2D eigenvalue weighted by molar-refractivity contribution is 7.08. The Morgan fingerprint density at radius 1 is 1.29 bits per heavy atom. The maximum absolute atomic E-state index is 12.3. The van der Waals surface area contributed by atoms with Crippen LogP contribution in [0.25, 0.3) is 33.5 Å². The summed E-state index contributed by atoms with van der Waals surface area (Å²) in [6.45, 7) is 2.07. The van der Waals surface area contributed by atoms with E-state index in [0.29, 0.717) is 22.9 Å². The van der Waals surface area contributed by atoms with Crippen LogP contribution in [0.3, 0.4) is 0 Å². The summed E-state index contributed by atoms with van der Waals surface area (Å²) >= 11 is 1.08. The Hall–Kier alpha value is -3.86. The third kappa shape index (κ3) is 3.28. The van der Waals surface area contributed by atoms with E-state index in [1.807, 2.05) is 42.9 Å². The molecule has 11 heteroatoms. The quantitative estimate of drug-likeness (QED) is 0.389. The number of anilines is 1. The molecule has 0 aliphatic rings. The second kappa shape index (κ2) is 7.43. The number of hydrogen-bond acceptors (Lipinski definition) is 8. The van der Waals surface area contributed by atoms with Crippen molar-refractivity contribution in [1.29, 1.82) is 0 Å². The standard InChI is InChI=1S/C20H19N9OS/c1-10-17(31-28-27-10)20(30)22-8-11-5-4-6-13(24-11)14-7-12-16-15(23-9-29(16)3)19(21-2)26-18(12)25-14/h4-7,9H,8H2,1-3H3,(H,22,30)(H2,21,25,26). The van der Waals surface area contributed by atoms with Crippen molar-refractivity contribution in [1.82, 2.24) is 39.4 Å². The zero-order valence-electron chi connectivity index (χ0n) is 17.1. The van der Waals surface area contributed by atoms with Crippen LogP contribution < -0.4 is 10.6 Å². The fourth-order valence-corrected chi connectivity index (χ4v) is 4.10. The molecule has 0 radical (unpaired) electrons. The number of aryl methyl sites for hydroxylation is 2. The largest absolute Gasteiger partial charge is 0.371 e. The fourth-order valence-electron chi connectivity index (χ4n) is 3.53. The lowest BCUT2D eigenvalue weighted by molar-refractivity contribution is 0.0953. The number of nitrogens with zero attached hydrogens (tertiary/aromatic N) is 6. The van der Waals surface area contributed by atoms with Crippen molar-refractivity contribution in [2.24, 2.45) is 7.05 Å². The summed E-state index contributed by atoms with van der Waals surface area (Å²) < 4.78 is 5.78. The summed E-state index contributed by atoms with van der Waals surface area (Å²) in [6, 6.07) is 7.75. The number of hydrogen-bond donors (Lipinski definition) is 3. The molecule has 0 fully saturated rings. The highest BCUT2D eigenvalue weighted by Crippen LogP contribution is 2.31. The van der Waals surface area contributed by atoms with E-state index in [4.69, 9.17) is 4.98 Å². The van der Waals surface area contributed by atoms with Crippen molar-refractivity contribution < 1.29 is 4.79 Å². The first-order valence-electron chi connectivity index (χ1n) is 9.60. The van der Waals surface area contributed by atoms with Gasteiger partial charge in [-0.05, 0) is 36.7 Å². The van der Waals surface area contributed by atoms with Crippen molar-refractivity contribution in [3.05, 3.63) is 46.9 Å². The van der Waals surface area contributed by atoms with Crippen LogP contribution in [-0.2, 0) is 13.6 Å². The lowest BCUT2D eigenvalue weighted by atomic mass is 10.2. The number of amides is 1. The van der Waals surface area contributed by atoms with Crippen molar-refractivity contribution >= 4 is 45.3 Å². The molecule has 3 N–H and O–H groups in total. The smallest absolute Gasteiger partial charge is 0.265 e. The van der Waals surface area contributed by atoms with Crippen LogP contribution in [0.15, 0.2) is 30.6 Å². The van der Waals surface area contributed by atoms with E-state index >= 15 is 0 Å². The fraction of sp³-hybridized carbons (Fsp3) is 0.200. The molecule has 0 bridgehead atoms. The van der Waals surface area contributed by atoms with Gasteiger partial charge in [0.1, 0.15) is 16.0 Å². The normalized spacial score (nSPS) is 11.3. The van der Waals surface area contributed by atoms with Gasteiger partial charge >= 0.3 is 0 Å². The molecule has 31 heavy (non-hydrogen) atoms. The van der Waals surface area contributed by atoms with E-state index in [0.717, 1.165) is 50.7 Å². The second-order valence-electron chi connectivity index (χ2n) is 7.09. The molecule has 0 saturated heterocycles. The molecule has 5 aromatic rings. The van der Waals surface area contributed by atoms with E-state index in [2.05, 4.69) is 35.2 Å². The van der Waals surface area contributed by atoms with Crippen LogP contribution >= 0.6 is 11.5 Å². The van der Waals surface area contributed by atoms with Crippen LogP contribution in [0.5, 0.6) is 0 Å².